The zero-order chi connectivity index (χ0) is 15.1. The highest BCUT2D eigenvalue weighted by molar-refractivity contribution is 5.76. The molecule has 1 aromatic carbocycles. The van der Waals surface area contributed by atoms with Crippen LogP contribution in [0.3, 0.4) is 0 Å². The first-order valence-corrected chi connectivity index (χ1v) is 8.14. The predicted octanol–water partition coefficient (Wildman–Crippen LogP) is 3.87. The largest absolute Gasteiger partial charge is 0.493 e. The summed E-state index contributed by atoms with van der Waals surface area (Å²) in [6.45, 7) is 6.43. The molecular formula is C18H27NO2. The molecule has 1 fully saturated rings. The molecule has 1 saturated heterocycles. The van der Waals surface area contributed by atoms with Crippen molar-refractivity contribution in [2.45, 2.75) is 52.4 Å². The number of likely N-dealkylation sites (tertiary alicyclic amines) is 1. The van der Waals surface area contributed by atoms with Crippen LogP contribution in [-0.4, -0.2) is 30.5 Å². The van der Waals surface area contributed by atoms with Crippen LogP contribution in [0, 0.1) is 13.8 Å². The number of carbonyl (C=O) groups is 1. The third-order valence-electron chi connectivity index (χ3n) is 4.11. The van der Waals surface area contributed by atoms with E-state index in [4.69, 9.17) is 4.74 Å². The van der Waals surface area contributed by atoms with E-state index >= 15 is 0 Å². The lowest BCUT2D eigenvalue weighted by atomic mass is 10.1. The number of amides is 1. The van der Waals surface area contributed by atoms with Gasteiger partial charge >= 0.3 is 0 Å². The maximum atomic E-state index is 12.2. The monoisotopic (exact) mass is 289 g/mol. The van der Waals surface area contributed by atoms with E-state index in [0.717, 1.165) is 37.2 Å². The van der Waals surface area contributed by atoms with Gasteiger partial charge in [0.1, 0.15) is 5.75 Å². The van der Waals surface area contributed by atoms with E-state index in [1.54, 1.807) is 0 Å². The first kappa shape index (κ1) is 15.9. The fraction of sp³-hybridized carbons (Fsp3) is 0.611. The van der Waals surface area contributed by atoms with Gasteiger partial charge in [-0.15, -0.1) is 0 Å². The summed E-state index contributed by atoms with van der Waals surface area (Å²) in [7, 11) is 0. The van der Waals surface area contributed by atoms with Gasteiger partial charge in [0.05, 0.1) is 13.0 Å². The summed E-state index contributed by atoms with van der Waals surface area (Å²) in [5.74, 6) is 1.13. The second kappa shape index (κ2) is 8.06. The van der Waals surface area contributed by atoms with Gasteiger partial charge < -0.3 is 9.64 Å². The van der Waals surface area contributed by atoms with Crippen molar-refractivity contribution in [3.63, 3.8) is 0 Å². The third kappa shape index (κ3) is 5.07. The van der Waals surface area contributed by atoms with E-state index in [9.17, 15) is 4.79 Å². The van der Waals surface area contributed by atoms with Crippen LogP contribution in [0.5, 0.6) is 5.75 Å². The van der Waals surface area contributed by atoms with Crippen molar-refractivity contribution in [1.29, 1.82) is 0 Å². The smallest absolute Gasteiger partial charge is 0.225 e. The predicted molar refractivity (Wildman–Crippen MR) is 85.7 cm³/mol. The van der Waals surface area contributed by atoms with E-state index in [-0.39, 0.29) is 5.91 Å². The molecule has 0 aliphatic carbocycles. The van der Waals surface area contributed by atoms with E-state index in [0.29, 0.717) is 13.0 Å². The Morgan fingerprint density at radius 1 is 1.10 bits per heavy atom. The summed E-state index contributed by atoms with van der Waals surface area (Å²) < 4.78 is 5.76. The minimum atomic E-state index is 0.238. The van der Waals surface area contributed by atoms with Crippen molar-refractivity contribution in [3.05, 3.63) is 29.3 Å². The first-order chi connectivity index (χ1) is 10.2. The summed E-state index contributed by atoms with van der Waals surface area (Å²) >= 11 is 0. The summed E-state index contributed by atoms with van der Waals surface area (Å²) in [4.78, 5) is 14.3. The molecule has 1 aliphatic rings. The van der Waals surface area contributed by atoms with Gasteiger partial charge in [0.2, 0.25) is 5.91 Å². The molecule has 0 spiro atoms. The molecular weight excluding hydrogens is 262 g/mol. The van der Waals surface area contributed by atoms with Crippen molar-refractivity contribution in [1.82, 2.24) is 4.90 Å². The van der Waals surface area contributed by atoms with Crippen LogP contribution in [0.15, 0.2) is 18.2 Å². The standard InChI is InChI=1S/C18H27NO2/c1-15-8-9-17(16(2)14-15)21-13-10-18(20)19-11-6-4-3-5-7-12-19/h8-9,14H,3-7,10-13H2,1-2H3. The van der Waals surface area contributed by atoms with Crippen molar-refractivity contribution in [2.24, 2.45) is 0 Å². The molecule has 21 heavy (non-hydrogen) atoms. The molecule has 1 amide bonds. The van der Waals surface area contributed by atoms with Crippen LogP contribution in [0.25, 0.3) is 0 Å². The Morgan fingerprint density at radius 2 is 1.76 bits per heavy atom. The molecule has 1 heterocycles. The van der Waals surface area contributed by atoms with Crippen LogP contribution in [0.1, 0.15) is 49.7 Å². The molecule has 0 unspecified atom stereocenters. The Kier molecular flexibility index (Phi) is 6.09. The molecule has 2 rings (SSSR count). The Balaban J connectivity index is 1.77. The van der Waals surface area contributed by atoms with E-state index in [1.165, 1.54) is 24.8 Å². The Morgan fingerprint density at radius 3 is 2.43 bits per heavy atom. The van der Waals surface area contributed by atoms with Crippen molar-refractivity contribution >= 4 is 5.91 Å². The van der Waals surface area contributed by atoms with Crippen molar-refractivity contribution < 1.29 is 9.53 Å². The number of rotatable bonds is 4. The number of ether oxygens (including phenoxy) is 1. The Hall–Kier alpha value is -1.51. The van der Waals surface area contributed by atoms with Crippen LogP contribution in [-0.2, 0) is 4.79 Å². The molecule has 3 heteroatoms. The minimum absolute atomic E-state index is 0.238. The fourth-order valence-corrected chi connectivity index (χ4v) is 2.86. The third-order valence-corrected chi connectivity index (χ3v) is 4.11. The molecule has 0 saturated carbocycles. The van der Waals surface area contributed by atoms with Gasteiger partial charge in [-0.3, -0.25) is 4.79 Å². The quantitative estimate of drug-likeness (QED) is 0.842. The molecule has 0 radical (unpaired) electrons. The van der Waals surface area contributed by atoms with E-state index in [1.807, 2.05) is 24.0 Å². The molecule has 3 nitrogen and oxygen atoms in total. The maximum Gasteiger partial charge on any atom is 0.225 e. The van der Waals surface area contributed by atoms with Gasteiger partial charge in [0.15, 0.2) is 0 Å². The normalized spacial score (nSPS) is 16.2. The fourth-order valence-electron chi connectivity index (χ4n) is 2.86. The second-order valence-electron chi connectivity index (χ2n) is 6.02. The van der Waals surface area contributed by atoms with Gasteiger partial charge in [-0.2, -0.15) is 0 Å². The average Bonchev–Trinajstić information content (AvgIpc) is 2.40. The number of hydrogen-bond acceptors (Lipinski definition) is 2. The maximum absolute atomic E-state index is 12.2. The number of carbonyl (C=O) groups excluding carboxylic acids is 1. The zero-order valence-electron chi connectivity index (χ0n) is 13.4. The lowest BCUT2D eigenvalue weighted by Gasteiger charge is -2.24. The van der Waals surface area contributed by atoms with Crippen LogP contribution in [0.2, 0.25) is 0 Å². The molecule has 1 aromatic rings. The molecule has 0 N–H and O–H groups in total. The van der Waals surface area contributed by atoms with Gasteiger partial charge in [-0.25, -0.2) is 0 Å². The summed E-state index contributed by atoms with van der Waals surface area (Å²) in [6.07, 6.45) is 6.59. The summed E-state index contributed by atoms with van der Waals surface area (Å²) in [6, 6.07) is 6.14. The van der Waals surface area contributed by atoms with Crippen LogP contribution in [0.4, 0.5) is 0 Å². The topological polar surface area (TPSA) is 29.5 Å². The first-order valence-electron chi connectivity index (χ1n) is 8.14. The molecule has 0 aromatic heterocycles. The Labute approximate surface area is 128 Å². The lowest BCUT2D eigenvalue weighted by Crippen LogP contribution is -2.34. The van der Waals surface area contributed by atoms with Crippen LogP contribution >= 0.6 is 0 Å². The van der Waals surface area contributed by atoms with Crippen LogP contribution < -0.4 is 4.74 Å². The zero-order valence-corrected chi connectivity index (χ0v) is 13.4. The van der Waals surface area contributed by atoms with Gasteiger partial charge in [0, 0.05) is 13.1 Å². The highest BCUT2D eigenvalue weighted by Gasteiger charge is 2.14. The highest BCUT2D eigenvalue weighted by Crippen LogP contribution is 2.19. The highest BCUT2D eigenvalue weighted by atomic mass is 16.5. The summed E-state index contributed by atoms with van der Waals surface area (Å²) in [5, 5.41) is 0. The second-order valence-corrected chi connectivity index (χ2v) is 6.02. The number of aryl methyl sites for hydroxylation is 2. The van der Waals surface area contributed by atoms with E-state index < -0.39 is 0 Å². The van der Waals surface area contributed by atoms with E-state index in [2.05, 4.69) is 13.0 Å². The Bertz CT molecular complexity index is 462. The lowest BCUT2D eigenvalue weighted by molar-refractivity contribution is -0.132. The molecule has 116 valence electrons. The number of nitrogens with zero attached hydrogens (tertiary/aromatic N) is 1. The van der Waals surface area contributed by atoms with Crippen molar-refractivity contribution in [3.8, 4) is 5.75 Å². The minimum Gasteiger partial charge on any atom is -0.493 e. The SMILES string of the molecule is Cc1ccc(OCCC(=O)N2CCCCCCC2)c(C)c1. The average molecular weight is 289 g/mol. The molecule has 0 atom stereocenters. The molecule has 0 bridgehead atoms. The summed E-state index contributed by atoms with van der Waals surface area (Å²) in [5.41, 5.74) is 2.37. The number of hydrogen-bond donors (Lipinski definition) is 0. The molecule has 1 aliphatic heterocycles. The van der Waals surface area contributed by atoms with Gasteiger partial charge in [-0.1, -0.05) is 37.0 Å². The van der Waals surface area contributed by atoms with Gasteiger partial charge in [0.25, 0.3) is 0 Å². The van der Waals surface area contributed by atoms with Crippen molar-refractivity contribution in [2.75, 3.05) is 19.7 Å². The van der Waals surface area contributed by atoms with Gasteiger partial charge in [-0.05, 0) is 38.3 Å². The number of benzene rings is 1.